The van der Waals surface area contributed by atoms with Crippen LogP contribution in [0.2, 0.25) is 0 Å². The fourth-order valence-electron chi connectivity index (χ4n) is 4.87. The Labute approximate surface area is 157 Å². The van der Waals surface area contributed by atoms with Crippen LogP contribution in [0, 0.1) is 11.8 Å². The lowest BCUT2D eigenvalue weighted by molar-refractivity contribution is -0.142. The van der Waals surface area contributed by atoms with Gasteiger partial charge >= 0.3 is 5.97 Å². The highest BCUT2D eigenvalue weighted by Crippen LogP contribution is 2.38. The summed E-state index contributed by atoms with van der Waals surface area (Å²) in [6, 6.07) is 10.8. The second kappa shape index (κ2) is 9.01. The second-order valence-corrected chi connectivity index (χ2v) is 8.53. The predicted molar refractivity (Wildman–Crippen MR) is 103 cm³/mol. The normalized spacial score (nSPS) is 27.7. The van der Waals surface area contributed by atoms with Crippen molar-refractivity contribution in [2.45, 2.75) is 63.4 Å². The Morgan fingerprint density at radius 1 is 1.12 bits per heavy atom. The van der Waals surface area contributed by atoms with Gasteiger partial charge in [-0.15, -0.1) is 0 Å². The van der Waals surface area contributed by atoms with E-state index in [-0.39, 0.29) is 6.42 Å². The van der Waals surface area contributed by atoms with E-state index in [0.717, 1.165) is 32.0 Å². The molecule has 26 heavy (non-hydrogen) atoms. The van der Waals surface area contributed by atoms with Gasteiger partial charge in [-0.25, -0.2) is 0 Å². The lowest BCUT2D eigenvalue weighted by Crippen LogP contribution is -2.37. The number of benzene rings is 1. The van der Waals surface area contributed by atoms with E-state index in [1.807, 2.05) is 0 Å². The number of carboxylic acids is 1. The van der Waals surface area contributed by atoms with Gasteiger partial charge in [0, 0.05) is 6.54 Å². The third-order valence-corrected chi connectivity index (χ3v) is 6.31. The number of rotatable bonds is 8. The maximum absolute atomic E-state index is 10.9. The van der Waals surface area contributed by atoms with Gasteiger partial charge in [0.05, 0.1) is 12.0 Å². The van der Waals surface area contributed by atoms with Crippen molar-refractivity contribution in [3.63, 3.8) is 0 Å². The van der Waals surface area contributed by atoms with Crippen LogP contribution < -0.4 is 0 Å². The number of aryl methyl sites for hydroxylation is 1. The molecule has 4 heteroatoms. The van der Waals surface area contributed by atoms with Crippen molar-refractivity contribution in [1.82, 2.24) is 4.90 Å². The van der Waals surface area contributed by atoms with Crippen LogP contribution in [0.15, 0.2) is 30.3 Å². The minimum atomic E-state index is -0.966. The summed E-state index contributed by atoms with van der Waals surface area (Å²) in [7, 11) is 0. The smallest absolute Gasteiger partial charge is 0.306 e. The Kier molecular flexibility index (Phi) is 6.71. The van der Waals surface area contributed by atoms with Gasteiger partial charge in [0.25, 0.3) is 0 Å². The first-order valence-corrected chi connectivity index (χ1v) is 10.2. The predicted octanol–water partition coefficient (Wildman–Crippen LogP) is 3.73. The summed E-state index contributed by atoms with van der Waals surface area (Å²) in [5.41, 5.74) is 0.478. The monoisotopic (exact) mass is 359 g/mol. The number of carboxylic acid groups (broad SMARTS) is 1. The number of aliphatic hydroxyl groups is 1. The van der Waals surface area contributed by atoms with E-state index in [4.69, 9.17) is 5.11 Å². The zero-order valence-corrected chi connectivity index (χ0v) is 15.8. The minimum absolute atomic E-state index is 0.104. The van der Waals surface area contributed by atoms with E-state index in [1.54, 1.807) is 0 Å². The van der Waals surface area contributed by atoms with Crippen molar-refractivity contribution < 1.29 is 15.0 Å². The molecule has 1 aromatic rings. The molecule has 1 heterocycles. The maximum Gasteiger partial charge on any atom is 0.306 e. The van der Waals surface area contributed by atoms with Crippen LogP contribution in [0.25, 0.3) is 0 Å². The molecule has 144 valence electrons. The molecule has 0 amide bonds. The van der Waals surface area contributed by atoms with E-state index in [1.165, 1.54) is 37.7 Å². The number of likely N-dealkylation sites (tertiary alicyclic amines) is 1. The first kappa shape index (κ1) is 19.4. The van der Waals surface area contributed by atoms with Gasteiger partial charge in [0.15, 0.2) is 0 Å². The lowest BCUT2D eigenvalue weighted by atomic mass is 9.90. The van der Waals surface area contributed by atoms with Gasteiger partial charge in [0.1, 0.15) is 0 Å². The molecule has 0 aromatic heterocycles. The molecule has 2 atom stereocenters. The van der Waals surface area contributed by atoms with Crippen LogP contribution in [-0.2, 0) is 11.2 Å². The molecule has 0 radical (unpaired) electrons. The average Bonchev–Trinajstić information content (AvgIpc) is 2.97. The zero-order chi connectivity index (χ0) is 18.4. The van der Waals surface area contributed by atoms with Gasteiger partial charge in [0.2, 0.25) is 0 Å². The number of hydrogen-bond acceptors (Lipinski definition) is 3. The van der Waals surface area contributed by atoms with E-state index in [9.17, 15) is 9.90 Å². The molecule has 1 aromatic carbocycles. The summed E-state index contributed by atoms with van der Waals surface area (Å²) in [5, 5.41) is 19.3. The Bertz CT molecular complexity index is 568. The van der Waals surface area contributed by atoms with E-state index in [2.05, 4.69) is 35.2 Å². The second-order valence-electron chi connectivity index (χ2n) is 8.53. The molecule has 2 fully saturated rings. The van der Waals surface area contributed by atoms with Crippen LogP contribution in [0.3, 0.4) is 0 Å². The molecule has 1 saturated carbocycles. The Morgan fingerprint density at radius 2 is 1.85 bits per heavy atom. The summed E-state index contributed by atoms with van der Waals surface area (Å²) in [4.78, 5) is 13.4. The highest BCUT2D eigenvalue weighted by Gasteiger charge is 2.39. The van der Waals surface area contributed by atoms with Crippen LogP contribution in [-0.4, -0.2) is 46.3 Å². The molecule has 1 saturated heterocycles. The van der Waals surface area contributed by atoms with Crippen molar-refractivity contribution in [2.24, 2.45) is 11.8 Å². The fraction of sp³-hybridized carbons (Fsp3) is 0.682. The molecule has 1 aliphatic carbocycles. The van der Waals surface area contributed by atoms with E-state index >= 15 is 0 Å². The standard InChI is InChI=1S/C22H33NO3/c24-21(25)16-22(26)12-9-20(15-22)17-23-13-10-19(11-14-23)8-4-7-18-5-2-1-3-6-18/h1-3,5-6,19-20,26H,4,7-17H2,(H,24,25). The number of hydrogen-bond donors (Lipinski definition) is 2. The average molecular weight is 360 g/mol. The molecule has 2 aliphatic rings. The van der Waals surface area contributed by atoms with Gasteiger partial charge in [-0.3, -0.25) is 4.79 Å². The van der Waals surface area contributed by atoms with Crippen molar-refractivity contribution in [3.05, 3.63) is 35.9 Å². The Balaban J connectivity index is 1.32. The van der Waals surface area contributed by atoms with Crippen molar-refractivity contribution in [1.29, 1.82) is 0 Å². The zero-order valence-electron chi connectivity index (χ0n) is 15.8. The molecular weight excluding hydrogens is 326 g/mol. The third-order valence-electron chi connectivity index (χ3n) is 6.31. The summed E-state index contributed by atoms with van der Waals surface area (Å²) >= 11 is 0. The summed E-state index contributed by atoms with van der Waals surface area (Å²) < 4.78 is 0. The van der Waals surface area contributed by atoms with Gasteiger partial charge in [-0.2, -0.15) is 0 Å². The SMILES string of the molecule is O=C(O)CC1(O)CCC(CN2CCC(CCCc3ccccc3)CC2)C1. The molecular formula is C22H33NO3. The van der Waals surface area contributed by atoms with Crippen molar-refractivity contribution >= 4 is 5.97 Å². The highest BCUT2D eigenvalue weighted by atomic mass is 16.4. The van der Waals surface area contributed by atoms with Crippen LogP contribution in [0.4, 0.5) is 0 Å². The number of piperidine rings is 1. The molecule has 4 nitrogen and oxygen atoms in total. The summed E-state index contributed by atoms with van der Waals surface area (Å²) in [6.07, 6.45) is 8.49. The van der Waals surface area contributed by atoms with Crippen LogP contribution >= 0.6 is 0 Å². The fourth-order valence-corrected chi connectivity index (χ4v) is 4.87. The number of nitrogens with zero attached hydrogens (tertiary/aromatic N) is 1. The van der Waals surface area contributed by atoms with Crippen LogP contribution in [0.1, 0.15) is 56.9 Å². The summed E-state index contributed by atoms with van der Waals surface area (Å²) in [6.45, 7) is 3.34. The van der Waals surface area contributed by atoms with E-state index in [0.29, 0.717) is 18.8 Å². The first-order valence-electron chi connectivity index (χ1n) is 10.2. The molecule has 2 N–H and O–H groups in total. The molecule has 3 rings (SSSR count). The maximum atomic E-state index is 10.9. The summed E-state index contributed by atoms with van der Waals surface area (Å²) in [5.74, 6) is 0.418. The van der Waals surface area contributed by atoms with Gasteiger partial charge < -0.3 is 15.1 Å². The van der Waals surface area contributed by atoms with Crippen LogP contribution in [0.5, 0.6) is 0 Å². The Morgan fingerprint density at radius 3 is 2.54 bits per heavy atom. The molecule has 2 unspecified atom stereocenters. The highest BCUT2D eigenvalue weighted by molar-refractivity contribution is 5.68. The van der Waals surface area contributed by atoms with E-state index < -0.39 is 11.6 Å². The first-order chi connectivity index (χ1) is 12.5. The van der Waals surface area contributed by atoms with Gasteiger partial charge in [-0.1, -0.05) is 36.8 Å². The Hall–Kier alpha value is -1.39. The molecule has 1 aliphatic heterocycles. The van der Waals surface area contributed by atoms with Crippen molar-refractivity contribution in [2.75, 3.05) is 19.6 Å². The lowest BCUT2D eigenvalue weighted by Gasteiger charge is -2.34. The largest absolute Gasteiger partial charge is 0.481 e. The van der Waals surface area contributed by atoms with Crippen molar-refractivity contribution in [3.8, 4) is 0 Å². The molecule has 0 spiro atoms. The molecule has 0 bridgehead atoms. The number of carbonyl (C=O) groups is 1. The minimum Gasteiger partial charge on any atom is -0.481 e. The van der Waals surface area contributed by atoms with Gasteiger partial charge in [-0.05, 0) is 75.4 Å². The third kappa shape index (κ3) is 5.82. The number of aliphatic carboxylic acids is 1. The topological polar surface area (TPSA) is 60.8 Å². The quantitative estimate of drug-likeness (QED) is 0.742.